The molecule has 29 heavy (non-hydrogen) atoms. The minimum absolute atomic E-state index is 0.104. The van der Waals surface area contributed by atoms with Gasteiger partial charge in [-0.2, -0.15) is 4.72 Å². The average Bonchev–Trinajstić information content (AvgIpc) is 2.51. The smallest absolute Gasteiger partial charge is 0.325 e. The van der Waals surface area contributed by atoms with Crippen LogP contribution in [0.25, 0.3) is 0 Å². The van der Waals surface area contributed by atoms with Gasteiger partial charge in [-0.15, -0.1) is 0 Å². The van der Waals surface area contributed by atoms with E-state index < -0.39 is 45.6 Å². The zero-order valence-electron chi connectivity index (χ0n) is 17.5. The number of carbonyl (C=O) groups excluding carboxylic acids is 2. The predicted molar refractivity (Wildman–Crippen MR) is 104 cm³/mol. The predicted octanol–water partition coefficient (Wildman–Crippen LogP) is 2.40. The third-order valence-corrected chi connectivity index (χ3v) is 4.73. The van der Waals surface area contributed by atoms with Gasteiger partial charge in [0, 0.05) is 0 Å². The third-order valence-electron chi connectivity index (χ3n) is 3.24. The van der Waals surface area contributed by atoms with E-state index in [2.05, 4.69) is 9.61 Å². The maximum atomic E-state index is 12.7. The molecule has 1 aromatic rings. The summed E-state index contributed by atoms with van der Waals surface area (Å²) in [5.41, 5.74) is -1.12. The minimum Gasteiger partial charge on any atom is -0.460 e. The van der Waals surface area contributed by atoms with Crippen LogP contribution in [0.5, 0.6) is 0 Å². The molecule has 0 aromatic heterocycles. The molecule has 0 fully saturated rings. The van der Waals surface area contributed by atoms with Crippen molar-refractivity contribution < 1.29 is 37.6 Å². The summed E-state index contributed by atoms with van der Waals surface area (Å²) in [7, 11) is -4.14. The third kappa shape index (κ3) is 9.35. The first-order chi connectivity index (χ1) is 13.1. The van der Waals surface area contributed by atoms with Crippen molar-refractivity contribution in [2.24, 2.45) is 0 Å². The van der Waals surface area contributed by atoms with Crippen molar-refractivity contribution in [2.75, 3.05) is 0 Å². The van der Waals surface area contributed by atoms with Gasteiger partial charge < -0.3 is 9.47 Å². The number of esters is 2. The fourth-order valence-electron chi connectivity index (χ4n) is 2.19. The van der Waals surface area contributed by atoms with Crippen LogP contribution >= 0.6 is 0 Å². The van der Waals surface area contributed by atoms with Crippen LogP contribution in [0.2, 0.25) is 0 Å². The number of ether oxygens (including phenoxy) is 2. The van der Waals surface area contributed by atoms with E-state index >= 15 is 0 Å². The van der Waals surface area contributed by atoms with Crippen LogP contribution in [-0.2, 0) is 40.6 Å². The maximum absolute atomic E-state index is 12.7. The lowest BCUT2D eigenvalue weighted by molar-refractivity contribution is -0.253. The van der Waals surface area contributed by atoms with E-state index in [1.165, 1.54) is 24.3 Å². The van der Waals surface area contributed by atoms with Crippen LogP contribution < -0.4 is 4.72 Å². The van der Waals surface area contributed by atoms with Crippen molar-refractivity contribution in [1.29, 1.82) is 0 Å². The fourth-order valence-corrected chi connectivity index (χ4v) is 3.38. The lowest BCUT2D eigenvalue weighted by Crippen LogP contribution is -2.46. The first-order valence-electron chi connectivity index (χ1n) is 8.95. The number of carbonyl (C=O) groups is 2. The average molecular weight is 432 g/mol. The summed E-state index contributed by atoms with van der Waals surface area (Å²) < 4.78 is 38.0. The second-order valence-corrected chi connectivity index (χ2v) is 10.1. The van der Waals surface area contributed by atoms with E-state index in [1.54, 1.807) is 41.5 Å². The van der Waals surface area contributed by atoms with Crippen molar-refractivity contribution in [1.82, 2.24) is 4.72 Å². The molecule has 1 atom stereocenters. The Morgan fingerprint density at radius 1 is 1.00 bits per heavy atom. The number of hydrogen-bond donors (Lipinski definition) is 2. The van der Waals surface area contributed by atoms with E-state index in [1.807, 2.05) is 0 Å². The molecular weight excluding hydrogens is 402 g/mol. The normalized spacial score (nSPS) is 13.6. The topological polar surface area (TPSA) is 128 Å². The molecule has 10 heteroatoms. The first-order valence-corrected chi connectivity index (χ1v) is 10.4. The number of rotatable bonds is 8. The molecule has 0 radical (unpaired) electrons. The van der Waals surface area contributed by atoms with Crippen LogP contribution in [0, 0.1) is 0 Å². The van der Waals surface area contributed by atoms with Gasteiger partial charge in [0.25, 0.3) is 0 Å². The minimum atomic E-state index is -4.14. The van der Waals surface area contributed by atoms with E-state index in [-0.39, 0.29) is 11.5 Å². The number of nitrogens with one attached hydrogen (secondary N) is 1. The van der Waals surface area contributed by atoms with Gasteiger partial charge in [0.1, 0.15) is 23.9 Å². The molecule has 0 aliphatic heterocycles. The summed E-state index contributed by atoms with van der Waals surface area (Å²) in [4.78, 5) is 28.6. The van der Waals surface area contributed by atoms with Gasteiger partial charge in [-0.25, -0.2) is 13.3 Å². The molecule has 0 unspecified atom stereocenters. The Morgan fingerprint density at radius 2 is 1.52 bits per heavy atom. The summed E-state index contributed by atoms with van der Waals surface area (Å²) >= 11 is 0. The molecule has 0 heterocycles. The highest BCUT2D eigenvalue weighted by Gasteiger charge is 2.33. The van der Waals surface area contributed by atoms with Crippen LogP contribution in [0.1, 0.15) is 53.5 Å². The zero-order chi connectivity index (χ0) is 22.5. The largest absolute Gasteiger partial charge is 0.460 e. The lowest BCUT2D eigenvalue weighted by atomic mass is 10.1. The van der Waals surface area contributed by atoms with Crippen molar-refractivity contribution in [3.63, 3.8) is 0 Å². The molecule has 0 aliphatic rings. The van der Waals surface area contributed by atoms with Crippen LogP contribution in [0.3, 0.4) is 0 Å². The Hall–Kier alpha value is -2.01. The highest BCUT2D eigenvalue weighted by Crippen LogP contribution is 2.16. The number of benzene rings is 1. The highest BCUT2D eigenvalue weighted by atomic mass is 32.2. The van der Waals surface area contributed by atoms with Gasteiger partial charge >= 0.3 is 11.9 Å². The zero-order valence-corrected chi connectivity index (χ0v) is 18.3. The standard InChI is InChI=1S/C19H29NO8S/c1-18(2,3)27-16(21)11-15(17(22)28-19(4,5)6)20-29(24,25)14-9-7-13(8-10-14)12-26-23/h7-10,15,20,23H,11-12H2,1-6H3/t15-/m0/s1. The monoisotopic (exact) mass is 431 g/mol. The molecular formula is C19H29NO8S. The Kier molecular flexibility index (Phi) is 8.34. The highest BCUT2D eigenvalue weighted by molar-refractivity contribution is 7.89. The van der Waals surface area contributed by atoms with Gasteiger partial charge in [-0.05, 0) is 59.2 Å². The Balaban J connectivity index is 3.07. The molecule has 0 bridgehead atoms. The molecule has 0 saturated carbocycles. The lowest BCUT2D eigenvalue weighted by Gasteiger charge is -2.25. The molecule has 1 rings (SSSR count). The van der Waals surface area contributed by atoms with Crippen LogP contribution in [-0.4, -0.2) is 42.9 Å². The summed E-state index contributed by atoms with van der Waals surface area (Å²) in [6.45, 7) is 9.77. The second kappa shape index (κ2) is 9.66. The molecule has 0 spiro atoms. The Labute approximate surface area is 171 Å². The molecule has 0 amide bonds. The molecule has 2 N–H and O–H groups in total. The molecule has 1 aromatic carbocycles. The summed E-state index contributed by atoms with van der Waals surface area (Å²) in [6, 6.07) is 4.00. The number of sulfonamides is 1. The van der Waals surface area contributed by atoms with Gasteiger partial charge in [-0.1, -0.05) is 12.1 Å². The van der Waals surface area contributed by atoms with E-state index in [0.29, 0.717) is 5.56 Å². The van der Waals surface area contributed by atoms with Crippen molar-refractivity contribution in [3.05, 3.63) is 29.8 Å². The molecule has 0 saturated heterocycles. The molecule has 0 aliphatic carbocycles. The quantitative estimate of drug-likeness (QED) is 0.365. The van der Waals surface area contributed by atoms with Crippen molar-refractivity contribution in [3.8, 4) is 0 Å². The summed E-state index contributed by atoms with van der Waals surface area (Å²) in [5, 5.41) is 8.46. The van der Waals surface area contributed by atoms with E-state index in [9.17, 15) is 18.0 Å². The summed E-state index contributed by atoms with van der Waals surface area (Å²) in [5.74, 6) is -1.64. The van der Waals surface area contributed by atoms with Gasteiger partial charge in [-0.3, -0.25) is 14.8 Å². The SMILES string of the molecule is CC(C)(C)OC(=O)C[C@H](NS(=O)(=O)c1ccc(COO)cc1)C(=O)OC(C)(C)C. The second-order valence-electron chi connectivity index (χ2n) is 8.42. The molecule has 9 nitrogen and oxygen atoms in total. The molecule has 164 valence electrons. The van der Waals surface area contributed by atoms with Crippen molar-refractivity contribution in [2.45, 2.75) is 76.7 Å². The Bertz CT molecular complexity index is 804. The van der Waals surface area contributed by atoms with E-state index in [0.717, 1.165) is 0 Å². The van der Waals surface area contributed by atoms with Crippen LogP contribution in [0.4, 0.5) is 0 Å². The summed E-state index contributed by atoms with van der Waals surface area (Å²) in [6.07, 6.45) is -0.526. The maximum Gasteiger partial charge on any atom is 0.325 e. The first kappa shape index (κ1) is 25.0. The number of hydrogen-bond acceptors (Lipinski definition) is 8. The van der Waals surface area contributed by atoms with Gasteiger partial charge in [0.2, 0.25) is 10.0 Å². The van der Waals surface area contributed by atoms with Crippen molar-refractivity contribution >= 4 is 22.0 Å². The fraction of sp³-hybridized carbons (Fsp3) is 0.579. The van der Waals surface area contributed by atoms with E-state index in [4.69, 9.17) is 14.7 Å². The van der Waals surface area contributed by atoms with Gasteiger partial charge in [0.05, 0.1) is 11.3 Å². The van der Waals surface area contributed by atoms with Gasteiger partial charge in [0.15, 0.2) is 0 Å². The van der Waals surface area contributed by atoms with Crippen LogP contribution in [0.15, 0.2) is 29.2 Å². The Morgan fingerprint density at radius 3 is 1.97 bits per heavy atom.